The molecule has 2 aromatic rings. The smallest absolute Gasteiger partial charge is 0.250 e. The number of hydrogen-bond donors (Lipinski definition) is 0. The Morgan fingerprint density at radius 1 is 0.622 bits per heavy atom. The van der Waals surface area contributed by atoms with Crippen LogP contribution in [-0.4, -0.2) is 38.0 Å². The summed E-state index contributed by atoms with van der Waals surface area (Å²) in [6, 6.07) is 7.98. The summed E-state index contributed by atoms with van der Waals surface area (Å²) in [6.45, 7) is 22.5. The molecule has 2 aromatic carbocycles. The standard InChI is InChI=1S/C29H45BrO5Si2/c1-28(2,3)36(10,11)34-25-19-22(30)18-21(26(25)35-37(12,13)29(4,5)6)15-14-20-16-23(31-7)27(33-9)24(17-20)32-8/h14-19H,1-13H3/b15-14-. The molecule has 0 radical (unpaired) electrons. The summed E-state index contributed by atoms with van der Waals surface area (Å²) in [7, 11) is 0.552. The van der Waals surface area contributed by atoms with Crippen LogP contribution in [0, 0.1) is 0 Å². The fraction of sp³-hybridized carbons (Fsp3) is 0.517. The molecule has 0 aliphatic rings. The second-order valence-electron chi connectivity index (χ2n) is 12.3. The Balaban J connectivity index is 2.72. The van der Waals surface area contributed by atoms with Crippen LogP contribution in [0.1, 0.15) is 52.7 Å². The van der Waals surface area contributed by atoms with Crippen molar-refractivity contribution in [2.45, 2.75) is 77.8 Å². The first-order chi connectivity index (χ1) is 16.9. The van der Waals surface area contributed by atoms with Crippen LogP contribution in [0.5, 0.6) is 28.7 Å². The second kappa shape index (κ2) is 11.5. The summed E-state index contributed by atoms with van der Waals surface area (Å²) in [5.41, 5.74) is 1.86. The highest BCUT2D eigenvalue weighted by molar-refractivity contribution is 9.10. The third-order valence-corrected chi connectivity index (χ3v) is 16.7. The summed E-state index contributed by atoms with van der Waals surface area (Å²) in [5, 5.41) is 0.0851. The number of hydrogen-bond acceptors (Lipinski definition) is 5. The fourth-order valence-electron chi connectivity index (χ4n) is 3.12. The first-order valence-electron chi connectivity index (χ1n) is 12.6. The Bertz CT molecular complexity index is 1100. The average Bonchev–Trinajstić information content (AvgIpc) is 2.76. The molecule has 0 unspecified atom stereocenters. The Kier molecular flexibility index (Phi) is 9.69. The van der Waals surface area contributed by atoms with Crippen molar-refractivity contribution in [1.82, 2.24) is 0 Å². The highest BCUT2D eigenvalue weighted by Gasteiger charge is 2.42. The van der Waals surface area contributed by atoms with Gasteiger partial charge in [0, 0.05) is 10.0 Å². The summed E-state index contributed by atoms with van der Waals surface area (Å²) in [6.07, 6.45) is 4.09. The lowest BCUT2D eigenvalue weighted by Crippen LogP contribution is -2.46. The molecule has 0 saturated heterocycles. The Hall–Kier alpha value is -1.91. The van der Waals surface area contributed by atoms with Crippen molar-refractivity contribution in [3.63, 3.8) is 0 Å². The van der Waals surface area contributed by atoms with E-state index < -0.39 is 16.6 Å². The summed E-state index contributed by atoms with van der Waals surface area (Å²) in [5.74, 6) is 3.36. The molecule has 0 aromatic heterocycles. The maximum atomic E-state index is 6.95. The molecule has 5 nitrogen and oxygen atoms in total. The quantitative estimate of drug-likeness (QED) is 0.209. The third kappa shape index (κ3) is 7.36. The van der Waals surface area contributed by atoms with Gasteiger partial charge in [-0.1, -0.05) is 69.6 Å². The first kappa shape index (κ1) is 31.3. The van der Waals surface area contributed by atoms with Gasteiger partial charge in [-0.3, -0.25) is 0 Å². The molecule has 8 heteroatoms. The van der Waals surface area contributed by atoms with Gasteiger partial charge in [-0.05, 0) is 66.1 Å². The number of methoxy groups -OCH3 is 3. The van der Waals surface area contributed by atoms with Crippen LogP contribution in [0.3, 0.4) is 0 Å². The highest BCUT2D eigenvalue weighted by atomic mass is 79.9. The average molecular weight is 610 g/mol. The third-order valence-electron chi connectivity index (χ3n) is 7.53. The fourth-order valence-corrected chi connectivity index (χ4v) is 5.61. The van der Waals surface area contributed by atoms with Gasteiger partial charge in [0.1, 0.15) is 5.75 Å². The first-order valence-corrected chi connectivity index (χ1v) is 19.2. The van der Waals surface area contributed by atoms with E-state index >= 15 is 0 Å². The molecular weight excluding hydrogens is 564 g/mol. The maximum absolute atomic E-state index is 6.95. The topological polar surface area (TPSA) is 46.2 Å². The van der Waals surface area contributed by atoms with E-state index in [0.29, 0.717) is 17.2 Å². The van der Waals surface area contributed by atoms with Gasteiger partial charge >= 0.3 is 0 Å². The summed E-state index contributed by atoms with van der Waals surface area (Å²) >= 11 is 3.72. The van der Waals surface area contributed by atoms with Gasteiger partial charge in [-0.25, -0.2) is 0 Å². The van der Waals surface area contributed by atoms with Crippen LogP contribution in [0.4, 0.5) is 0 Å². The molecule has 2 rings (SSSR count). The largest absolute Gasteiger partial charge is 0.541 e. The van der Waals surface area contributed by atoms with Gasteiger partial charge in [0.15, 0.2) is 17.2 Å². The zero-order valence-corrected chi connectivity index (χ0v) is 28.5. The van der Waals surface area contributed by atoms with E-state index in [2.05, 4.69) is 95.8 Å². The Morgan fingerprint density at radius 2 is 1.11 bits per heavy atom. The molecule has 0 heterocycles. The van der Waals surface area contributed by atoms with Crippen LogP contribution < -0.4 is 23.1 Å². The van der Waals surface area contributed by atoms with Gasteiger partial charge in [-0.2, -0.15) is 0 Å². The van der Waals surface area contributed by atoms with E-state index in [1.165, 1.54) is 0 Å². The van der Waals surface area contributed by atoms with Crippen LogP contribution in [-0.2, 0) is 0 Å². The molecule has 0 fully saturated rings. The van der Waals surface area contributed by atoms with E-state index in [0.717, 1.165) is 27.1 Å². The normalized spacial score (nSPS) is 13.0. The van der Waals surface area contributed by atoms with Crippen LogP contribution >= 0.6 is 15.9 Å². The lowest BCUT2D eigenvalue weighted by molar-refractivity contribution is 0.324. The predicted molar refractivity (Wildman–Crippen MR) is 165 cm³/mol. The molecule has 0 atom stereocenters. The monoisotopic (exact) mass is 608 g/mol. The van der Waals surface area contributed by atoms with Gasteiger partial charge in [-0.15, -0.1) is 0 Å². The molecule has 0 bridgehead atoms. The van der Waals surface area contributed by atoms with Gasteiger partial charge in [0.2, 0.25) is 5.75 Å². The molecule has 0 spiro atoms. The lowest BCUT2D eigenvalue weighted by atomic mass is 10.1. The van der Waals surface area contributed by atoms with E-state index in [1.807, 2.05) is 24.3 Å². The van der Waals surface area contributed by atoms with Crippen molar-refractivity contribution in [1.29, 1.82) is 0 Å². The summed E-state index contributed by atoms with van der Waals surface area (Å²) in [4.78, 5) is 0. The summed E-state index contributed by atoms with van der Waals surface area (Å²) < 4.78 is 31.3. The van der Waals surface area contributed by atoms with Crippen molar-refractivity contribution in [2.75, 3.05) is 21.3 Å². The molecular formula is C29H45BrO5Si2. The van der Waals surface area contributed by atoms with E-state index in [1.54, 1.807) is 21.3 Å². The zero-order valence-electron chi connectivity index (χ0n) is 24.9. The van der Waals surface area contributed by atoms with Crippen LogP contribution in [0.25, 0.3) is 12.2 Å². The van der Waals surface area contributed by atoms with Crippen LogP contribution in [0.2, 0.25) is 36.3 Å². The lowest BCUT2D eigenvalue weighted by Gasteiger charge is -2.40. The van der Waals surface area contributed by atoms with Gasteiger partial charge in [0.05, 0.1) is 21.3 Å². The molecule has 37 heavy (non-hydrogen) atoms. The SMILES string of the molecule is COc1cc(/C=C\c2cc(Br)cc(O[Si](C)(C)C(C)(C)C)c2O[Si](C)(C)C(C)(C)C)cc(OC)c1OC. The number of halogens is 1. The van der Waals surface area contributed by atoms with E-state index in [4.69, 9.17) is 23.1 Å². The number of rotatable bonds is 9. The van der Waals surface area contributed by atoms with Crippen molar-refractivity contribution >= 4 is 44.7 Å². The molecule has 206 valence electrons. The maximum Gasteiger partial charge on any atom is 0.250 e. The molecule has 0 N–H and O–H groups in total. The van der Waals surface area contributed by atoms with Crippen molar-refractivity contribution in [2.24, 2.45) is 0 Å². The zero-order chi connectivity index (χ0) is 28.4. The van der Waals surface area contributed by atoms with E-state index in [-0.39, 0.29) is 10.1 Å². The minimum absolute atomic E-state index is 0.0337. The minimum atomic E-state index is -2.17. The molecule has 0 amide bonds. The Morgan fingerprint density at radius 3 is 1.54 bits per heavy atom. The number of benzene rings is 2. The molecule has 0 aliphatic heterocycles. The minimum Gasteiger partial charge on any atom is -0.541 e. The molecule has 0 saturated carbocycles. The predicted octanol–water partition coefficient (Wildman–Crippen LogP) is 9.41. The second-order valence-corrected chi connectivity index (χ2v) is 22.7. The Labute approximate surface area is 234 Å². The highest BCUT2D eigenvalue weighted by Crippen LogP contribution is 2.46. The van der Waals surface area contributed by atoms with Gasteiger partial charge in [0.25, 0.3) is 16.6 Å². The van der Waals surface area contributed by atoms with Crippen LogP contribution in [0.15, 0.2) is 28.7 Å². The van der Waals surface area contributed by atoms with Crippen molar-refractivity contribution in [3.05, 3.63) is 39.9 Å². The van der Waals surface area contributed by atoms with Crippen molar-refractivity contribution in [3.8, 4) is 28.7 Å². The molecule has 0 aliphatic carbocycles. The van der Waals surface area contributed by atoms with E-state index in [9.17, 15) is 0 Å². The van der Waals surface area contributed by atoms with Gasteiger partial charge < -0.3 is 23.1 Å². The number of ether oxygens (including phenoxy) is 3. The van der Waals surface area contributed by atoms with Crippen molar-refractivity contribution < 1.29 is 23.1 Å².